The number of hydrogen-bond acceptors (Lipinski definition) is 5. The molecular formula is C12H17ClN2O3S. The summed E-state index contributed by atoms with van der Waals surface area (Å²) in [6.45, 7) is 5.30. The third-order valence-corrected chi connectivity index (χ3v) is 4.34. The van der Waals surface area contributed by atoms with Crippen LogP contribution in [0, 0.1) is 12.3 Å². The Morgan fingerprint density at radius 3 is 2.63 bits per heavy atom. The zero-order chi connectivity index (χ0) is 14.6. The number of thiazole rings is 1. The molecule has 7 heteroatoms. The second-order valence-electron chi connectivity index (χ2n) is 4.75. The summed E-state index contributed by atoms with van der Waals surface area (Å²) in [5.74, 6) is -0.301. The number of nitrogens with one attached hydrogen (secondary N) is 1. The molecule has 0 atom stereocenters. The van der Waals surface area contributed by atoms with Gasteiger partial charge in [-0.25, -0.2) is 4.98 Å². The molecular weight excluding hydrogens is 288 g/mol. The fourth-order valence-corrected chi connectivity index (χ4v) is 2.24. The first-order chi connectivity index (χ1) is 8.80. The first-order valence-electron chi connectivity index (χ1n) is 5.70. The maximum absolute atomic E-state index is 11.9. The van der Waals surface area contributed by atoms with Gasteiger partial charge < -0.3 is 10.1 Å². The maximum atomic E-state index is 11.9. The number of nitrogens with zero attached hydrogens (tertiary/aromatic N) is 1. The Labute approximate surface area is 121 Å². The molecule has 1 heterocycles. The lowest BCUT2D eigenvalue weighted by Crippen LogP contribution is -2.32. The van der Waals surface area contributed by atoms with Crippen molar-refractivity contribution in [3.05, 3.63) is 10.6 Å². The molecule has 0 bridgehead atoms. The molecule has 1 N–H and O–H groups in total. The Hall–Kier alpha value is -1.14. The van der Waals surface area contributed by atoms with Crippen LogP contribution in [0.25, 0.3) is 0 Å². The van der Waals surface area contributed by atoms with Crippen molar-refractivity contribution in [2.24, 2.45) is 5.41 Å². The van der Waals surface area contributed by atoms with Gasteiger partial charge >= 0.3 is 5.97 Å². The first kappa shape index (κ1) is 15.9. The minimum absolute atomic E-state index is 0.161. The van der Waals surface area contributed by atoms with Crippen LogP contribution >= 0.6 is 22.9 Å². The molecule has 0 fully saturated rings. The molecule has 19 heavy (non-hydrogen) atoms. The summed E-state index contributed by atoms with van der Waals surface area (Å²) in [4.78, 5) is 28.2. The minimum atomic E-state index is -0.663. The van der Waals surface area contributed by atoms with Gasteiger partial charge in [-0.05, 0) is 20.8 Å². The van der Waals surface area contributed by atoms with Gasteiger partial charge in [0.05, 0.1) is 24.6 Å². The van der Waals surface area contributed by atoms with Crippen LogP contribution in [0.3, 0.4) is 0 Å². The van der Waals surface area contributed by atoms with E-state index in [0.29, 0.717) is 5.13 Å². The highest BCUT2D eigenvalue weighted by Gasteiger charge is 2.27. The zero-order valence-electron chi connectivity index (χ0n) is 11.4. The van der Waals surface area contributed by atoms with Crippen LogP contribution in [0.5, 0.6) is 0 Å². The second-order valence-corrected chi connectivity index (χ2v) is 6.10. The number of hydrogen-bond donors (Lipinski definition) is 1. The molecule has 0 spiro atoms. The van der Waals surface area contributed by atoms with Crippen LogP contribution in [0.2, 0.25) is 0 Å². The van der Waals surface area contributed by atoms with Crippen molar-refractivity contribution in [2.45, 2.75) is 27.2 Å². The number of methoxy groups -OCH3 is 1. The molecule has 0 aliphatic rings. The van der Waals surface area contributed by atoms with E-state index < -0.39 is 5.41 Å². The van der Waals surface area contributed by atoms with Crippen molar-refractivity contribution in [1.29, 1.82) is 0 Å². The Bertz CT molecular complexity index is 485. The van der Waals surface area contributed by atoms with Crippen LogP contribution in [0.15, 0.2) is 0 Å². The van der Waals surface area contributed by atoms with E-state index in [4.69, 9.17) is 11.6 Å². The molecule has 5 nitrogen and oxygen atoms in total. The first-order valence-corrected chi connectivity index (χ1v) is 7.06. The molecule has 0 saturated heterocycles. The largest absolute Gasteiger partial charge is 0.469 e. The van der Waals surface area contributed by atoms with Crippen molar-refractivity contribution < 1.29 is 14.3 Å². The van der Waals surface area contributed by atoms with Gasteiger partial charge in [-0.2, -0.15) is 0 Å². The molecule has 0 aromatic carbocycles. The summed E-state index contributed by atoms with van der Waals surface area (Å²) in [5.41, 5.74) is 0.0540. The average molecular weight is 305 g/mol. The van der Waals surface area contributed by atoms with Gasteiger partial charge in [-0.3, -0.25) is 9.59 Å². The Kier molecular flexibility index (Phi) is 5.31. The van der Waals surface area contributed by atoms with E-state index >= 15 is 0 Å². The number of halogens is 1. The highest BCUT2D eigenvalue weighted by atomic mass is 35.5. The summed E-state index contributed by atoms with van der Waals surface area (Å²) in [5, 5.41) is 3.19. The van der Waals surface area contributed by atoms with Crippen LogP contribution in [-0.2, 0) is 20.7 Å². The fraction of sp³-hybridized carbons (Fsp3) is 0.583. The predicted molar refractivity (Wildman–Crippen MR) is 75.7 cm³/mol. The van der Waals surface area contributed by atoms with E-state index in [1.807, 2.05) is 0 Å². The molecule has 1 rings (SSSR count). The third kappa shape index (κ3) is 4.18. The van der Waals surface area contributed by atoms with Crippen molar-refractivity contribution >= 4 is 39.9 Å². The Balaban J connectivity index is 2.79. The van der Waals surface area contributed by atoms with Gasteiger partial charge in [-0.15, -0.1) is 22.9 Å². The number of esters is 1. The van der Waals surface area contributed by atoms with Crippen molar-refractivity contribution in [1.82, 2.24) is 4.98 Å². The molecule has 0 saturated carbocycles. The number of amides is 1. The Morgan fingerprint density at radius 2 is 2.11 bits per heavy atom. The number of aromatic nitrogens is 1. The number of aryl methyl sites for hydroxylation is 1. The molecule has 0 radical (unpaired) electrons. The predicted octanol–water partition coefficient (Wildman–Crippen LogP) is 2.37. The summed E-state index contributed by atoms with van der Waals surface area (Å²) in [6.07, 6.45) is 0.161. The highest BCUT2D eigenvalue weighted by molar-refractivity contribution is 7.16. The van der Waals surface area contributed by atoms with Crippen molar-refractivity contribution in [3.8, 4) is 0 Å². The number of alkyl halides is 1. The monoisotopic (exact) mass is 304 g/mol. The molecule has 1 aromatic rings. The lowest BCUT2D eigenvalue weighted by molar-refractivity contribution is -0.139. The number of carbonyl (C=O) groups excluding carboxylic acids is 2. The van der Waals surface area contributed by atoms with Gasteiger partial charge in [0.1, 0.15) is 0 Å². The SMILES string of the molecule is COC(=O)Cc1sc(NC(=O)C(C)(C)CCl)nc1C. The van der Waals surface area contributed by atoms with Gasteiger partial charge in [-0.1, -0.05) is 0 Å². The summed E-state index contributed by atoms with van der Waals surface area (Å²) < 4.78 is 4.61. The topological polar surface area (TPSA) is 68.3 Å². The smallest absolute Gasteiger partial charge is 0.310 e. The van der Waals surface area contributed by atoms with E-state index in [2.05, 4.69) is 15.0 Å². The number of anilines is 1. The number of carbonyl (C=O) groups is 2. The second kappa shape index (κ2) is 6.34. The third-order valence-electron chi connectivity index (χ3n) is 2.59. The molecule has 1 aromatic heterocycles. The normalized spacial score (nSPS) is 11.2. The fourth-order valence-electron chi connectivity index (χ4n) is 1.18. The molecule has 0 aliphatic heterocycles. The number of rotatable bonds is 5. The van der Waals surface area contributed by atoms with E-state index in [9.17, 15) is 9.59 Å². The van der Waals surface area contributed by atoms with Gasteiger partial charge in [0, 0.05) is 10.8 Å². The van der Waals surface area contributed by atoms with E-state index in [-0.39, 0.29) is 24.2 Å². The Morgan fingerprint density at radius 1 is 1.47 bits per heavy atom. The molecule has 106 valence electrons. The van der Waals surface area contributed by atoms with Gasteiger partial charge in [0.25, 0.3) is 0 Å². The summed E-state index contributed by atoms with van der Waals surface area (Å²) >= 11 is 7.01. The van der Waals surface area contributed by atoms with Crippen LogP contribution in [0.4, 0.5) is 5.13 Å². The molecule has 0 unspecified atom stereocenters. The van der Waals surface area contributed by atoms with E-state index in [1.165, 1.54) is 18.4 Å². The van der Waals surface area contributed by atoms with Gasteiger partial charge in [0.15, 0.2) is 5.13 Å². The van der Waals surface area contributed by atoms with Crippen molar-refractivity contribution in [2.75, 3.05) is 18.3 Å². The van der Waals surface area contributed by atoms with Crippen molar-refractivity contribution in [3.63, 3.8) is 0 Å². The lowest BCUT2D eigenvalue weighted by Gasteiger charge is -2.18. The zero-order valence-corrected chi connectivity index (χ0v) is 12.9. The van der Waals surface area contributed by atoms with E-state index in [0.717, 1.165) is 10.6 Å². The van der Waals surface area contributed by atoms with Crippen LogP contribution in [0.1, 0.15) is 24.4 Å². The number of ether oxygens (including phenoxy) is 1. The van der Waals surface area contributed by atoms with Crippen LogP contribution < -0.4 is 5.32 Å². The highest BCUT2D eigenvalue weighted by Crippen LogP contribution is 2.26. The quantitative estimate of drug-likeness (QED) is 0.670. The average Bonchev–Trinajstić information content (AvgIpc) is 2.69. The minimum Gasteiger partial charge on any atom is -0.469 e. The molecule has 0 aliphatic carbocycles. The maximum Gasteiger partial charge on any atom is 0.310 e. The summed E-state index contributed by atoms with van der Waals surface area (Å²) in [6, 6.07) is 0. The van der Waals surface area contributed by atoms with Crippen LogP contribution in [-0.4, -0.2) is 29.9 Å². The standard InChI is InChI=1S/C12H17ClN2O3S/c1-7-8(5-9(16)18-4)19-11(14-7)15-10(17)12(2,3)6-13/h5-6H2,1-4H3,(H,14,15,17). The lowest BCUT2D eigenvalue weighted by atomic mass is 9.95. The summed E-state index contributed by atoms with van der Waals surface area (Å²) in [7, 11) is 1.34. The van der Waals surface area contributed by atoms with Gasteiger partial charge in [0.2, 0.25) is 5.91 Å². The molecule has 1 amide bonds. The van der Waals surface area contributed by atoms with E-state index in [1.54, 1.807) is 20.8 Å².